The van der Waals surface area contributed by atoms with Crippen LogP contribution < -0.4 is 0 Å². The molecule has 0 rings (SSSR count). The summed E-state index contributed by atoms with van der Waals surface area (Å²) in [5, 5.41) is 0. The minimum absolute atomic E-state index is 0.423. The van der Waals surface area contributed by atoms with Crippen molar-refractivity contribution in [2.24, 2.45) is 22.7 Å². The third kappa shape index (κ3) is 4.89. The molecule has 0 aliphatic rings. The lowest BCUT2D eigenvalue weighted by Crippen LogP contribution is -2.38. The van der Waals surface area contributed by atoms with E-state index in [-0.39, 0.29) is 0 Å². The summed E-state index contributed by atoms with van der Waals surface area (Å²) in [5.41, 5.74) is 0.847. The molecule has 0 saturated heterocycles. The lowest BCUT2D eigenvalue weighted by Gasteiger charge is -2.46. The average Bonchev–Trinajstić information content (AvgIpc) is 2.07. The minimum Gasteiger partial charge on any atom is -0.0654 e. The number of hydrogen-bond donors (Lipinski definition) is 0. The van der Waals surface area contributed by atoms with E-state index in [0.717, 1.165) is 11.8 Å². The summed E-state index contributed by atoms with van der Waals surface area (Å²) in [5.74, 6) is 1.71. The maximum atomic E-state index is 2.41. The highest BCUT2D eigenvalue weighted by atomic mass is 14.4. The van der Waals surface area contributed by atoms with Gasteiger partial charge < -0.3 is 0 Å². The van der Waals surface area contributed by atoms with Crippen molar-refractivity contribution in [3.63, 3.8) is 0 Å². The lowest BCUT2D eigenvalue weighted by atomic mass is 9.59. The third-order valence-electron chi connectivity index (χ3n) is 3.79. The number of rotatable bonds is 5. The van der Waals surface area contributed by atoms with Crippen molar-refractivity contribution in [3.8, 4) is 0 Å². The van der Waals surface area contributed by atoms with Crippen molar-refractivity contribution in [1.82, 2.24) is 0 Å². The summed E-state index contributed by atoms with van der Waals surface area (Å²) >= 11 is 0. The molecule has 0 bridgehead atoms. The Morgan fingerprint density at radius 3 is 1.50 bits per heavy atom. The largest absolute Gasteiger partial charge is 0.0654 e. The molecular weight excluding hydrogens is 192 g/mol. The summed E-state index contributed by atoms with van der Waals surface area (Å²) in [7, 11) is 0. The number of hydrogen-bond acceptors (Lipinski definition) is 0. The Morgan fingerprint density at radius 1 is 0.812 bits per heavy atom. The van der Waals surface area contributed by atoms with Crippen molar-refractivity contribution in [2.75, 3.05) is 0 Å². The van der Waals surface area contributed by atoms with Gasteiger partial charge in [-0.2, -0.15) is 0 Å². The monoisotopic (exact) mass is 226 g/mol. The molecule has 16 heavy (non-hydrogen) atoms. The van der Waals surface area contributed by atoms with E-state index >= 15 is 0 Å². The van der Waals surface area contributed by atoms with Crippen LogP contribution in [-0.2, 0) is 0 Å². The molecule has 0 heteroatoms. The van der Waals surface area contributed by atoms with Gasteiger partial charge in [-0.05, 0) is 22.7 Å². The van der Waals surface area contributed by atoms with Gasteiger partial charge in [-0.3, -0.25) is 0 Å². The molecule has 0 aromatic carbocycles. The molecule has 0 amide bonds. The van der Waals surface area contributed by atoms with Gasteiger partial charge in [0.1, 0.15) is 0 Å². The molecule has 1 unspecified atom stereocenters. The lowest BCUT2D eigenvalue weighted by molar-refractivity contribution is 0.0353. The van der Waals surface area contributed by atoms with Crippen LogP contribution in [0.5, 0.6) is 0 Å². The highest BCUT2D eigenvalue weighted by Crippen LogP contribution is 2.47. The second-order valence-electron chi connectivity index (χ2n) is 7.52. The molecule has 0 aliphatic heterocycles. The molecule has 0 aromatic rings. The van der Waals surface area contributed by atoms with E-state index in [1.54, 1.807) is 0 Å². The van der Waals surface area contributed by atoms with Gasteiger partial charge in [-0.1, -0.05) is 81.1 Å². The standard InChI is InChI=1S/C16H34/c1-9-11-12-13(10-2)14(15(3,4)5)16(6,7)8/h13-14H,9-12H2,1-8H3. The SMILES string of the molecule is CCCCC(CC)C(C(C)(C)C)C(C)(C)C. The Kier molecular flexibility index (Phi) is 6.07. The first-order chi connectivity index (χ1) is 7.14. The Labute approximate surface area is 104 Å². The van der Waals surface area contributed by atoms with Gasteiger partial charge in [0.2, 0.25) is 0 Å². The fourth-order valence-electron chi connectivity index (χ4n) is 3.79. The molecule has 0 fully saturated rings. The van der Waals surface area contributed by atoms with Crippen LogP contribution in [0.15, 0.2) is 0 Å². The van der Waals surface area contributed by atoms with Gasteiger partial charge in [-0.25, -0.2) is 0 Å². The normalized spacial score (nSPS) is 15.6. The topological polar surface area (TPSA) is 0 Å². The smallest absolute Gasteiger partial charge is 0.0288 e. The zero-order valence-electron chi connectivity index (χ0n) is 13.0. The molecule has 0 aromatic heterocycles. The highest BCUT2D eigenvalue weighted by Gasteiger charge is 2.39. The maximum Gasteiger partial charge on any atom is -0.0288 e. The van der Waals surface area contributed by atoms with Crippen molar-refractivity contribution in [3.05, 3.63) is 0 Å². The molecule has 0 radical (unpaired) electrons. The van der Waals surface area contributed by atoms with Crippen LogP contribution in [0.1, 0.15) is 81.1 Å². The van der Waals surface area contributed by atoms with Crippen molar-refractivity contribution < 1.29 is 0 Å². The Morgan fingerprint density at radius 2 is 1.25 bits per heavy atom. The van der Waals surface area contributed by atoms with Gasteiger partial charge in [0.05, 0.1) is 0 Å². The van der Waals surface area contributed by atoms with Crippen molar-refractivity contribution in [2.45, 2.75) is 81.1 Å². The third-order valence-corrected chi connectivity index (χ3v) is 3.79. The van der Waals surface area contributed by atoms with Crippen LogP contribution in [0.3, 0.4) is 0 Å². The summed E-state index contributed by atoms with van der Waals surface area (Å²) in [4.78, 5) is 0. The molecule has 0 N–H and O–H groups in total. The predicted molar refractivity (Wildman–Crippen MR) is 75.7 cm³/mol. The van der Waals surface area contributed by atoms with E-state index in [1.807, 2.05) is 0 Å². The average molecular weight is 226 g/mol. The minimum atomic E-state index is 0.423. The zero-order chi connectivity index (χ0) is 13.0. The van der Waals surface area contributed by atoms with Gasteiger partial charge in [0.15, 0.2) is 0 Å². The fraction of sp³-hybridized carbons (Fsp3) is 1.00. The summed E-state index contributed by atoms with van der Waals surface area (Å²) in [6.07, 6.45) is 5.46. The zero-order valence-corrected chi connectivity index (χ0v) is 13.0. The van der Waals surface area contributed by atoms with E-state index in [9.17, 15) is 0 Å². The molecule has 0 spiro atoms. The molecule has 0 heterocycles. The van der Waals surface area contributed by atoms with Gasteiger partial charge in [0.25, 0.3) is 0 Å². The molecule has 0 aliphatic carbocycles. The molecule has 0 saturated carbocycles. The molecule has 98 valence electrons. The Balaban J connectivity index is 4.86. The Hall–Kier alpha value is 0. The van der Waals surface area contributed by atoms with E-state index in [4.69, 9.17) is 0 Å². The molecule has 1 atom stereocenters. The predicted octanol–water partition coefficient (Wildman–Crippen LogP) is 5.91. The first kappa shape index (κ1) is 16.0. The highest BCUT2D eigenvalue weighted by molar-refractivity contribution is 4.88. The van der Waals surface area contributed by atoms with Gasteiger partial charge >= 0.3 is 0 Å². The van der Waals surface area contributed by atoms with Crippen LogP contribution in [0.4, 0.5) is 0 Å². The number of unbranched alkanes of at least 4 members (excludes halogenated alkanes) is 1. The summed E-state index contributed by atoms with van der Waals surface area (Å²) in [6.45, 7) is 19.2. The fourth-order valence-corrected chi connectivity index (χ4v) is 3.79. The van der Waals surface area contributed by atoms with E-state index < -0.39 is 0 Å². The molecule has 0 nitrogen and oxygen atoms in total. The molecular formula is C16H34. The quantitative estimate of drug-likeness (QED) is 0.546. The second kappa shape index (κ2) is 6.07. The van der Waals surface area contributed by atoms with E-state index in [2.05, 4.69) is 55.4 Å². The second-order valence-corrected chi connectivity index (χ2v) is 7.52. The summed E-state index contributed by atoms with van der Waals surface area (Å²) < 4.78 is 0. The summed E-state index contributed by atoms with van der Waals surface area (Å²) in [6, 6.07) is 0. The van der Waals surface area contributed by atoms with Crippen molar-refractivity contribution in [1.29, 1.82) is 0 Å². The van der Waals surface area contributed by atoms with Crippen LogP contribution in [0.25, 0.3) is 0 Å². The van der Waals surface area contributed by atoms with Crippen LogP contribution >= 0.6 is 0 Å². The first-order valence-electron chi connectivity index (χ1n) is 7.14. The Bertz CT molecular complexity index is 163. The van der Waals surface area contributed by atoms with E-state index in [0.29, 0.717) is 10.8 Å². The van der Waals surface area contributed by atoms with Crippen LogP contribution in [0.2, 0.25) is 0 Å². The van der Waals surface area contributed by atoms with Crippen molar-refractivity contribution >= 4 is 0 Å². The van der Waals surface area contributed by atoms with Crippen LogP contribution in [-0.4, -0.2) is 0 Å². The van der Waals surface area contributed by atoms with Gasteiger partial charge in [0, 0.05) is 0 Å². The van der Waals surface area contributed by atoms with E-state index in [1.165, 1.54) is 25.7 Å². The van der Waals surface area contributed by atoms with Gasteiger partial charge in [-0.15, -0.1) is 0 Å². The first-order valence-corrected chi connectivity index (χ1v) is 7.14. The van der Waals surface area contributed by atoms with Crippen LogP contribution in [0, 0.1) is 22.7 Å². The maximum absolute atomic E-state index is 2.41.